The Morgan fingerprint density at radius 3 is 2.29 bits per heavy atom. The normalized spacial score (nSPS) is 12.0. The topological polar surface area (TPSA) is 46.5 Å². The lowest BCUT2D eigenvalue weighted by Gasteiger charge is -2.16. The van der Waals surface area contributed by atoms with Gasteiger partial charge >= 0.3 is 5.97 Å². The predicted molar refractivity (Wildman–Crippen MR) is 82.9 cm³/mol. The van der Waals surface area contributed by atoms with Gasteiger partial charge in [-0.2, -0.15) is 0 Å². The summed E-state index contributed by atoms with van der Waals surface area (Å²) in [7, 11) is 0. The first-order chi connectivity index (χ1) is 9.95. The minimum Gasteiger partial charge on any atom is -0.478 e. The second-order valence-electron chi connectivity index (χ2n) is 5.38. The van der Waals surface area contributed by atoms with Gasteiger partial charge in [0, 0.05) is 6.42 Å². The summed E-state index contributed by atoms with van der Waals surface area (Å²) >= 11 is 0. The summed E-state index contributed by atoms with van der Waals surface area (Å²) in [6, 6.07) is 13.4. The standard InChI is InChI=1S/C18H20O3/c1-12-4-8-16(9-5-12)21-17(18(19)20)11-15-7-6-13(2)14(3)10-15/h4-10,17H,11H2,1-3H3,(H,19,20). The monoisotopic (exact) mass is 284 g/mol. The number of aryl methyl sites for hydroxylation is 3. The van der Waals surface area contributed by atoms with Gasteiger partial charge in [0.25, 0.3) is 0 Å². The van der Waals surface area contributed by atoms with Crippen LogP contribution in [0.4, 0.5) is 0 Å². The number of benzene rings is 2. The van der Waals surface area contributed by atoms with E-state index < -0.39 is 12.1 Å². The van der Waals surface area contributed by atoms with Crippen LogP contribution in [0, 0.1) is 20.8 Å². The summed E-state index contributed by atoms with van der Waals surface area (Å²) in [6.45, 7) is 6.04. The quantitative estimate of drug-likeness (QED) is 0.911. The van der Waals surface area contributed by atoms with Crippen molar-refractivity contribution in [2.24, 2.45) is 0 Å². The van der Waals surface area contributed by atoms with Crippen LogP contribution in [0.2, 0.25) is 0 Å². The highest BCUT2D eigenvalue weighted by atomic mass is 16.5. The highest BCUT2D eigenvalue weighted by Gasteiger charge is 2.20. The molecule has 0 heterocycles. The zero-order valence-electron chi connectivity index (χ0n) is 12.6. The molecule has 2 aromatic rings. The predicted octanol–water partition coefficient (Wildman–Crippen LogP) is 3.69. The zero-order chi connectivity index (χ0) is 15.4. The number of hydrogen-bond acceptors (Lipinski definition) is 2. The van der Waals surface area contributed by atoms with Crippen LogP contribution in [0.15, 0.2) is 42.5 Å². The molecule has 2 rings (SSSR count). The molecule has 3 heteroatoms. The lowest BCUT2D eigenvalue weighted by atomic mass is 10.0. The van der Waals surface area contributed by atoms with Crippen molar-refractivity contribution in [2.75, 3.05) is 0 Å². The SMILES string of the molecule is Cc1ccc(OC(Cc2ccc(C)c(C)c2)C(=O)O)cc1. The summed E-state index contributed by atoms with van der Waals surface area (Å²) in [4.78, 5) is 11.4. The molecule has 0 saturated heterocycles. The van der Waals surface area contributed by atoms with Gasteiger partial charge in [0.1, 0.15) is 5.75 Å². The van der Waals surface area contributed by atoms with E-state index in [1.165, 1.54) is 5.56 Å². The summed E-state index contributed by atoms with van der Waals surface area (Å²) in [5.74, 6) is -0.370. The van der Waals surface area contributed by atoms with Crippen molar-refractivity contribution >= 4 is 5.97 Å². The molecule has 1 unspecified atom stereocenters. The number of aliphatic carboxylic acids is 1. The van der Waals surface area contributed by atoms with Crippen LogP contribution >= 0.6 is 0 Å². The molecule has 0 aliphatic heterocycles. The van der Waals surface area contributed by atoms with E-state index in [0.29, 0.717) is 12.2 Å². The lowest BCUT2D eigenvalue weighted by molar-refractivity contribution is -0.145. The summed E-state index contributed by atoms with van der Waals surface area (Å²) in [5, 5.41) is 9.35. The van der Waals surface area contributed by atoms with E-state index in [9.17, 15) is 9.90 Å². The Morgan fingerprint density at radius 2 is 1.71 bits per heavy atom. The largest absolute Gasteiger partial charge is 0.478 e. The fraction of sp³-hybridized carbons (Fsp3) is 0.278. The molecule has 110 valence electrons. The van der Waals surface area contributed by atoms with Crippen LogP contribution in [-0.4, -0.2) is 17.2 Å². The molecule has 1 atom stereocenters. The van der Waals surface area contributed by atoms with Crippen LogP contribution < -0.4 is 4.74 Å². The molecule has 0 radical (unpaired) electrons. The molecule has 0 spiro atoms. The van der Waals surface area contributed by atoms with E-state index in [-0.39, 0.29) is 0 Å². The Morgan fingerprint density at radius 1 is 1.05 bits per heavy atom. The third-order valence-electron chi connectivity index (χ3n) is 3.57. The highest BCUT2D eigenvalue weighted by Crippen LogP contribution is 2.17. The zero-order valence-corrected chi connectivity index (χ0v) is 12.6. The summed E-state index contributed by atoms with van der Waals surface area (Å²) in [5.41, 5.74) is 4.44. The number of ether oxygens (including phenoxy) is 1. The number of carboxylic acids is 1. The van der Waals surface area contributed by atoms with Crippen LogP contribution in [0.3, 0.4) is 0 Å². The van der Waals surface area contributed by atoms with Gasteiger partial charge in [-0.05, 0) is 49.6 Å². The summed E-state index contributed by atoms with van der Waals surface area (Å²) < 4.78 is 5.61. The summed E-state index contributed by atoms with van der Waals surface area (Å²) in [6.07, 6.45) is -0.528. The molecule has 0 aliphatic rings. The minimum atomic E-state index is -0.950. The van der Waals surface area contributed by atoms with Gasteiger partial charge in [-0.1, -0.05) is 35.9 Å². The molecular formula is C18H20O3. The molecule has 0 aromatic heterocycles. The first-order valence-electron chi connectivity index (χ1n) is 6.98. The molecule has 0 fully saturated rings. The number of hydrogen-bond donors (Lipinski definition) is 1. The maximum atomic E-state index is 11.4. The molecule has 2 aromatic carbocycles. The third-order valence-corrected chi connectivity index (χ3v) is 3.57. The van der Waals surface area contributed by atoms with Gasteiger partial charge in [-0.15, -0.1) is 0 Å². The fourth-order valence-corrected chi connectivity index (χ4v) is 2.11. The van der Waals surface area contributed by atoms with Crippen molar-refractivity contribution in [1.29, 1.82) is 0 Å². The van der Waals surface area contributed by atoms with Crippen molar-refractivity contribution in [3.63, 3.8) is 0 Å². The van der Waals surface area contributed by atoms with E-state index in [1.54, 1.807) is 12.1 Å². The van der Waals surface area contributed by atoms with E-state index in [2.05, 4.69) is 0 Å². The maximum absolute atomic E-state index is 11.4. The van der Waals surface area contributed by atoms with Crippen molar-refractivity contribution in [2.45, 2.75) is 33.3 Å². The molecule has 0 bridgehead atoms. The Balaban J connectivity index is 2.13. The Bertz CT molecular complexity index is 629. The first kappa shape index (κ1) is 15.1. The number of rotatable bonds is 5. The fourth-order valence-electron chi connectivity index (χ4n) is 2.11. The van der Waals surface area contributed by atoms with Crippen LogP contribution in [0.1, 0.15) is 22.3 Å². The van der Waals surface area contributed by atoms with Crippen molar-refractivity contribution in [3.8, 4) is 5.75 Å². The van der Waals surface area contributed by atoms with Crippen molar-refractivity contribution in [3.05, 3.63) is 64.7 Å². The van der Waals surface area contributed by atoms with E-state index in [4.69, 9.17) is 4.74 Å². The van der Waals surface area contributed by atoms with Gasteiger partial charge in [0.15, 0.2) is 6.10 Å². The van der Waals surface area contributed by atoms with Crippen molar-refractivity contribution in [1.82, 2.24) is 0 Å². The van der Waals surface area contributed by atoms with E-state index in [1.807, 2.05) is 51.1 Å². The van der Waals surface area contributed by atoms with Crippen LogP contribution in [0.25, 0.3) is 0 Å². The first-order valence-corrected chi connectivity index (χ1v) is 6.98. The Kier molecular flexibility index (Phi) is 4.63. The molecule has 1 N–H and O–H groups in total. The smallest absolute Gasteiger partial charge is 0.345 e. The molecular weight excluding hydrogens is 264 g/mol. The Labute approximate surface area is 125 Å². The third kappa shape index (κ3) is 4.09. The second kappa shape index (κ2) is 6.44. The minimum absolute atomic E-state index is 0.352. The van der Waals surface area contributed by atoms with E-state index in [0.717, 1.165) is 16.7 Å². The van der Waals surface area contributed by atoms with Crippen molar-refractivity contribution < 1.29 is 14.6 Å². The van der Waals surface area contributed by atoms with E-state index >= 15 is 0 Å². The van der Waals surface area contributed by atoms with Gasteiger partial charge in [0.05, 0.1) is 0 Å². The van der Waals surface area contributed by atoms with Crippen LogP contribution in [-0.2, 0) is 11.2 Å². The number of carboxylic acid groups (broad SMARTS) is 1. The highest BCUT2D eigenvalue weighted by molar-refractivity contribution is 5.73. The van der Waals surface area contributed by atoms with Crippen LogP contribution in [0.5, 0.6) is 5.75 Å². The average Bonchev–Trinajstić information content (AvgIpc) is 2.44. The lowest BCUT2D eigenvalue weighted by Crippen LogP contribution is -2.29. The number of carbonyl (C=O) groups is 1. The van der Waals surface area contributed by atoms with Gasteiger partial charge < -0.3 is 9.84 Å². The average molecular weight is 284 g/mol. The second-order valence-corrected chi connectivity index (χ2v) is 5.38. The molecule has 0 aliphatic carbocycles. The van der Waals surface area contributed by atoms with Gasteiger partial charge in [-0.25, -0.2) is 4.79 Å². The van der Waals surface area contributed by atoms with Gasteiger partial charge in [-0.3, -0.25) is 0 Å². The molecule has 0 saturated carbocycles. The molecule has 0 amide bonds. The molecule has 3 nitrogen and oxygen atoms in total. The molecule has 21 heavy (non-hydrogen) atoms. The Hall–Kier alpha value is -2.29. The maximum Gasteiger partial charge on any atom is 0.345 e. The van der Waals surface area contributed by atoms with Gasteiger partial charge in [0.2, 0.25) is 0 Å².